The van der Waals surface area contributed by atoms with Crippen molar-refractivity contribution in [2.45, 2.75) is 19.5 Å². The minimum atomic E-state index is -0.619. The minimum Gasteiger partial charge on any atom is -0.373 e. The van der Waals surface area contributed by atoms with Crippen molar-refractivity contribution in [3.8, 4) is 0 Å². The molecule has 0 aliphatic rings. The lowest BCUT2D eigenvalue weighted by Crippen LogP contribution is -2.30. The first-order valence-corrected chi connectivity index (χ1v) is 6.81. The highest BCUT2D eigenvalue weighted by molar-refractivity contribution is 5.41. The van der Waals surface area contributed by atoms with Gasteiger partial charge in [0.1, 0.15) is 5.82 Å². The van der Waals surface area contributed by atoms with E-state index in [1.165, 1.54) is 16.8 Å². The van der Waals surface area contributed by atoms with Gasteiger partial charge in [-0.15, -0.1) is 0 Å². The molecule has 0 saturated heterocycles. The van der Waals surface area contributed by atoms with Crippen molar-refractivity contribution in [1.82, 2.24) is 9.78 Å². The smallest absolute Gasteiger partial charge is 0.268 e. The van der Waals surface area contributed by atoms with E-state index in [1.54, 1.807) is 24.4 Å². The summed E-state index contributed by atoms with van der Waals surface area (Å²) in [6.07, 6.45) is 1.61. The first-order valence-electron chi connectivity index (χ1n) is 6.81. The molecule has 1 aromatic carbocycles. The zero-order valence-electron chi connectivity index (χ0n) is 12.2. The van der Waals surface area contributed by atoms with Crippen LogP contribution in [0.5, 0.6) is 0 Å². The lowest BCUT2D eigenvalue weighted by molar-refractivity contribution is 0.484. The Hall–Kier alpha value is -2.21. The van der Waals surface area contributed by atoms with Gasteiger partial charge in [-0.2, -0.15) is 5.10 Å². The highest BCUT2D eigenvalue weighted by Crippen LogP contribution is 2.15. The Balaban J connectivity index is 2.20. The van der Waals surface area contributed by atoms with Gasteiger partial charge in [-0.25, -0.2) is 9.07 Å². The molecule has 5 nitrogen and oxygen atoms in total. The van der Waals surface area contributed by atoms with Crippen molar-refractivity contribution < 1.29 is 4.39 Å². The number of rotatable bonds is 5. The van der Waals surface area contributed by atoms with Crippen LogP contribution in [0, 0.1) is 5.82 Å². The molecule has 2 N–H and O–H groups in total. The van der Waals surface area contributed by atoms with Gasteiger partial charge in [0.05, 0.1) is 24.5 Å². The molecular formula is C15H19FN4O. The zero-order chi connectivity index (χ0) is 15.4. The second kappa shape index (κ2) is 6.49. The predicted molar refractivity (Wildman–Crippen MR) is 80.8 cm³/mol. The fourth-order valence-electron chi connectivity index (χ4n) is 2.01. The van der Waals surface area contributed by atoms with E-state index in [9.17, 15) is 9.18 Å². The third kappa shape index (κ3) is 3.46. The molecule has 0 radical (unpaired) electrons. The van der Waals surface area contributed by atoms with Gasteiger partial charge in [-0.3, -0.25) is 4.79 Å². The number of halogens is 1. The summed E-state index contributed by atoms with van der Waals surface area (Å²) in [5, 5.41) is 4.10. The highest BCUT2D eigenvalue weighted by Gasteiger charge is 2.13. The quantitative estimate of drug-likeness (QED) is 0.907. The van der Waals surface area contributed by atoms with E-state index < -0.39 is 6.04 Å². The van der Waals surface area contributed by atoms with Crippen molar-refractivity contribution in [2.75, 3.05) is 18.5 Å². The molecule has 1 heterocycles. The molecule has 0 aliphatic heterocycles. The maximum Gasteiger partial charge on any atom is 0.268 e. The van der Waals surface area contributed by atoms with Crippen LogP contribution in [-0.4, -0.2) is 23.4 Å². The van der Waals surface area contributed by atoms with Crippen LogP contribution in [0.4, 0.5) is 10.1 Å². The van der Waals surface area contributed by atoms with Crippen molar-refractivity contribution in [2.24, 2.45) is 5.73 Å². The van der Waals surface area contributed by atoms with Crippen molar-refractivity contribution in [3.63, 3.8) is 0 Å². The molecule has 2 rings (SSSR count). The number of hydrogen-bond donors (Lipinski definition) is 1. The van der Waals surface area contributed by atoms with E-state index in [0.717, 1.165) is 12.2 Å². The van der Waals surface area contributed by atoms with Crippen LogP contribution in [0.25, 0.3) is 0 Å². The Morgan fingerprint density at radius 3 is 2.76 bits per heavy atom. The van der Waals surface area contributed by atoms with Crippen LogP contribution in [-0.2, 0) is 6.54 Å². The summed E-state index contributed by atoms with van der Waals surface area (Å²) in [6, 6.07) is 7.17. The first kappa shape index (κ1) is 15.2. The Morgan fingerprint density at radius 1 is 1.43 bits per heavy atom. The van der Waals surface area contributed by atoms with Gasteiger partial charge in [-0.1, -0.05) is 18.2 Å². The fraction of sp³-hybridized carbons (Fsp3) is 0.333. The summed E-state index contributed by atoms with van der Waals surface area (Å²) in [7, 11) is 1.88. The number of hydrogen-bond acceptors (Lipinski definition) is 4. The molecule has 0 bridgehead atoms. The summed E-state index contributed by atoms with van der Waals surface area (Å²) in [5.74, 6) is -0.375. The number of nitrogens with zero attached hydrogens (tertiary/aromatic N) is 3. The summed E-state index contributed by atoms with van der Waals surface area (Å²) < 4.78 is 14.9. The van der Waals surface area contributed by atoms with E-state index in [1.807, 2.05) is 18.9 Å². The standard InChI is InChI=1S/C15H19FN4O/c1-3-19(2)11-8-15(21)20(18-9-11)10-14(17)12-6-4-5-7-13(12)16/h4-9,14H,3,10,17H2,1-2H3. The van der Waals surface area contributed by atoms with E-state index in [4.69, 9.17) is 5.73 Å². The molecule has 1 aromatic heterocycles. The predicted octanol–water partition coefficient (Wildman–Crippen LogP) is 1.54. The van der Waals surface area contributed by atoms with Gasteiger partial charge in [0.15, 0.2) is 0 Å². The molecule has 2 aromatic rings. The van der Waals surface area contributed by atoms with Gasteiger partial charge >= 0.3 is 0 Å². The largest absolute Gasteiger partial charge is 0.373 e. The molecule has 0 aliphatic carbocycles. The monoisotopic (exact) mass is 290 g/mol. The molecule has 0 amide bonds. The fourth-order valence-corrected chi connectivity index (χ4v) is 2.01. The Labute approximate surface area is 122 Å². The second-order valence-electron chi connectivity index (χ2n) is 4.88. The van der Waals surface area contributed by atoms with Gasteiger partial charge in [0, 0.05) is 25.2 Å². The number of aromatic nitrogens is 2. The molecule has 1 atom stereocenters. The Morgan fingerprint density at radius 2 is 2.14 bits per heavy atom. The van der Waals surface area contributed by atoms with Gasteiger partial charge in [0.25, 0.3) is 5.56 Å². The summed E-state index contributed by atoms with van der Waals surface area (Å²) in [6.45, 7) is 2.90. The van der Waals surface area contributed by atoms with E-state index in [2.05, 4.69) is 5.10 Å². The third-order valence-electron chi connectivity index (χ3n) is 3.44. The Kier molecular flexibility index (Phi) is 4.70. The van der Waals surface area contributed by atoms with Crippen LogP contribution >= 0.6 is 0 Å². The number of anilines is 1. The van der Waals surface area contributed by atoms with E-state index >= 15 is 0 Å². The summed E-state index contributed by atoms with van der Waals surface area (Å²) >= 11 is 0. The summed E-state index contributed by atoms with van der Waals surface area (Å²) in [5.41, 5.74) is 6.84. The van der Waals surface area contributed by atoms with Crippen LogP contribution in [0.2, 0.25) is 0 Å². The van der Waals surface area contributed by atoms with Crippen molar-refractivity contribution in [3.05, 3.63) is 58.3 Å². The van der Waals surface area contributed by atoms with E-state index in [-0.39, 0.29) is 17.9 Å². The van der Waals surface area contributed by atoms with Crippen LogP contribution in [0.3, 0.4) is 0 Å². The molecule has 6 heteroatoms. The lowest BCUT2D eigenvalue weighted by Gasteiger charge is -2.17. The topological polar surface area (TPSA) is 64.2 Å². The molecule has 0 spiro atoms. The van der Waals surface area contributed by atoms with E-state index in [0.29, 0.717) is 5.56 Å². The average molecular weight is 290 g/mol. The second-order valence-corrected chi connectivity index (χ2v) is 4.88. The molecule has 0 fully saturated rings. The maximum atomic E-state index is 13.7. The van der Waals surface area contributed by atoms with Gasteiger partial charge < -0.3 is 10.6 Å². The molecule has 21 heavy (non-hydrogen) atoms. The van der Waals surface area contributed by atoms with Gasteiger partial charge in [-0.05, 0) is 13.0 Å². The molecular weight excluding hydrogens is 271 g/mol. The van der Waals surface area contributed by atoms with Crippen LogP contribution < -0.4 is 16.2 Å². The highest BCUT2D eigenvalue weighted by atomic mass is 19.1. The van der Waals surface area contributed by atoms with Crippen LogP contribution in [0.1, 0.15) is 18.5 Å². The first-order chi connectivity index (χ1) is 10.0. The molecule has 1 unspecified atom stereocenters. The third-order valence-corrected chi connectivity index (χ3v) is 3.44. The molecule has 0 saturated carbocycles. The maximum absolute atomic E-state index is 13.7. The lowest BCUT2D eigenvalue weighted by atomic mass is 10.1. The SMILES string of the molecule is CCN(C)c1cnn(CC(N)c2ccccc2F)c(=O)c1. The average Bonchev–Trinajstić information content (AvgIpc) is 2.48. The minimum absolute atomic E-state index is 0.135. The number of nitrogens with two attached hydrogens (primary N) is 1. The van der Waals surface area contributed by atoms with Crippen molar-refractivity contribution in [1.29, 1.82) is 0 Å². The normalized spacial score (nSPS) is 12.2. The molecule has 112 valence electrons. The zero-order valence-corrected chi connectivity index (χ0v) is 12.2. The number of benzene rings is 1. The van der Waals surface area contributed by atoms with Crippen molar-refractivity contribution >= 4 is 5.69 Å². The van der Waals surface area contributed by atoms with Gasteiger partial charge in [0.2, 0.25) is 0 Å². The Bertz CT molecular complexity index is 671. The summed E-state index contributed by atoms with van der Waals surface area (Å²) in [4.78, 5) is 13.9. The van der Waals surface area contributed by atoms with Crippen LogP contribution in [0.15, 0.2) is 41.3 Å².